The zero-order valence-electron chi connectivity index (χ0n) is 23.4. The van der Waals surface area contributed by atoms with Gasteiger partial charge in [-0.1, -0.05) is 123 Å². The van der Waals surface area contributed by atoms with Crippen molar-refractivity contribution in [3.63, 3.8) is 0 Å². The third kappa shape index (κ3) is 5.30. The quantitative estimate of drug-likeness (QED) is 0.179. The third-order valence-electron chi connectivity index (χ3n) is 8.90. The normalized spacial score (nSPS) is 24.5. The summed E-state index contributed by atoms with van der Waals surface area (Å²) in [7, 11) is -2.14. The molecule has 0 spiro atoms. The number of anilines is 1. The molecule has 1 aliphatic heterocycles. The summed E-state index contributed by atoms with van der Waals surface area (Å²) >= 11 is 0. The van der Waals surface area contributed by atoms with Crippen LogP contribution in [0, 0.1) is 29.6 Å². The molecule has 0 bridgehead atoms. The summed E-state index contributed by atoms with van der Waals surface area (Å²) in [5, 5.41) is 1.37. The van der Waals surface area contributed by atoms with E-state index in [2.05, 4.69) is 81.6 Å². The van der Waals surface area contributed by atoms with Crippen molar-refractivity contribution in [2.24, 2.45) is 29.6 Å². The van der Waals surface area contributed by atoms with E-state index in [-0.39, 0.29) is 46.9 Å². The molecule has 0 aromatic heterocycles. The van der Waals surface area contributed by atoms with Crippen LogP contribution in [0.1, 0.15) is 19.4 Å². The number of fused-ring (bicyclic) bond motifs is 1. The molecule has 39 heavy (non-hydrogen) atoms. The zero-order valence-corrected chi connectivity index (χ0v) is 24.4. The van der Waals surface area contributed by atoms with Crippen molar-refractivity contribution >= 4 is 30.8 Å². The van der Waals surface area contributed by atoms with Crippen LogP contribution in [-0.4, -0.2) is 26.5 Å². The highest BCUT2D eigenvalue weighted by Gasteiger charge is 2.57. The molecule has 3 aromatic rings. The maximum Gasteiger partial charge on any atom is 0.238 e. The van der Waals surface area contributed by atoms with Gasteiger partial charge in [0.1, 0.15) is 0 Å². The SMILES string of the molecule is CC1C=CC([C@@H]([C@@H](C)COCc2ccccc2)[Si](C)(C)c2ccccc2)C2C(=O)N(c3ccccc3)C(=O)C12. The molecule has 6 atom stereocenters. The highest BCUT2D eigenvalue weighted by Crippen LogP contribution is 2.51. The summed E-state index contributed by atoms with van der Waals surface area (Å²) in [5.74, 6) is -0.644. The van der Waals surface area contributed by atoms with Gasteiger partial charge in [-0.05, 0) is 41.0 Å². The first-order valence-corrected chi connectivity index (χ1v) is 17.2. The maximum atomic E-state index is 14.2. The van der Waals surface area contributed by atoms with E-state index < -0.39 is 8.07 Å². The fraction of sp³-hybridized carbons (Fsp3) is 0.353. The average Bonchev–Trinajstić information content (AvgIpc) is 3.22. The topological polar surface area (TPSA) is 46.6 Å². The number of hydrogen-bond donors (Lipinski definition) is 0. The fourth-order valence-electron chi connectivity index (χ4n) is 7.06. The van der Waals surface area contributed by atoms with E-state index in [1.54, 1.807) is 0 Å². The molecular formula is C34H39NO3Si. The predicted octanol–water partition coefficient (Wildman–Crippen LogP) is 6.45. The van der Waals surface area contributed by atoms with Crippen LogP contribution in [-0.2, 0) is 20.9 Å². The van der Waals surface area contributed by atoms with Gasteiger partial charge in [-0.15, -0.1) is 0 Å². The number of amides is 2. The Labute approximate surface area is 233 Å². The van der Waals surface area contributed by atoms with Crippen LogP contribution in [0.2, 0.25) is 18.6 Å². The second-order valence-corrected chi connectivity index (χ2v) is 16.5. The number of rotatable bonds is 9. The summed E-state index contributed by atoms with van der Waals surface area (Å²) in [6.07, 6.45) is 4.45. The van der Waals surface area contributed by atoms with E-state index in [1.807, 2.05) is 48.5 Å². The molecule has 4 unspecified atom stereocenters. The van der Waals surface area contributed by atoms with Crippen LogP contribution in [0.5, 0.6) is 0 Å². The number of carbonyl (C=O) groups is 2. The van der Waals surface area contributed by atoms with E-state index in [0.29, 0.717) is 18.9 Å². The van der Waals surface area contributed by atoms with Gasteiger partial charge in [-0.25, -0.2) is 0 Å². The van der Waals surface area contributed by atoms with Gasteiger partial charge >= 0.3 is 0 Å². The molecule has 202 valence electrons. The Kier molecular flexibility index (Phi) is 8.01. The first-order chi connectivity index (χ1) is 18.8. The molecule has 5 rings (SSSR count). The molecule has 2 aliphatic rings. The predicted molar refractivity (Wildman–Crippen MR) is 160 cm³/mol. The number of ether oxygens (including phenoxy) is 1. The molecule has 4 nitrogen and oxygen atoms in total. The lowest BCUT2D eigenvalue weighted by Gasteiger charge is -2.45. The van der Waals surface area contributed by atoms with Crippen molar-refractivity contribution in [3.05, 3.63) is 109 Å². The van der Waals surface area contributed by atoms with Crippen LogP contribution in [0.3, 0.4) is 0 Å². The Morgan fingerprint density at radius 2 is 1.36 bits per heavy atom. The Morgan fingerprint density at radius 1 is 0.795 bits per heavy atom. The van der Waals surface area contributed by atoms with Crippen molar-refractivity contribution in [2.75, 3.05) is 11.5 Å². The molecule has 3 aromatic carbocycles. The van der Waals surface area contributed by atoms with Gasteiger partial charge < -0.3 is 4.74 Å². The van der Waals surface area contributed by atoms with Crippen LogP contribution >= 0.6 is 0 Å². The monoisotopic (exact) mass is 537 g/mol. The lowest BCUT2D eigenvalue weighted by Crippen LogP contribution is -2.53. The summed E-state index contributed by atoms with van der Waals surface area (Å²) in [4.78, 5) is 29.4. The molecule has 2 amide bonds. The standard InChI is InChI=1S/C34H39NO3Si/c1-24-20-21-29(31-30(24)33(36)35(34(31)37)27-16-10-6-11-17-27)32(39(3,4)28-18-12-7-13-19-28)25(2)22-38-23-26-14-8-5-9-15-26/h5-21,24-25,29-32H,22-23H2,1-4H3/t24?,25-,29?,30?,31?,32+/m0/s1. The smallest absolute Gasteiger partial charge is 0.238 e. The van der Waals surface area contributed by atoms with E-state index in [4.69, 9.17) is 4.74 Å². The van der Waals surface area contributed by atoms with Crippen LogP contribution in [0.4, 0.5) is 5.69 Å². The van der Waals surface area contributed by atoms with Crippen molar-refractivity contribution in [1.29, 1.82) is 0 Å². The van der Waals surface area contributed by atoms with Gasteiger partial charge in [-0.2, -0.15) is 0 Å². The molecular weight excluding hydrogens is 498 g/mol. The summed E-state index contributed by atoms with van der Waals surface area (Å²) in [6, 6.07) is 30.4. The van der Waals surface area contributed by atoms with E-state index >= 15 is 0 Å². The van der Waals surface area contributed by atoms with E-state index in [0.717, 1.165) is 5.56 Å². The highest BCUT2D eigenvalue weighted by atomic mass is 28.3. The summed E-state index contributed by atoms with van der Waals surface area (Å²) in [6.45, 7) is 10.3. The minimum atomic E-state index is -2.14. The summed E-state index contributed by atoms with van der Waals surface area (Å²) in [5.41, 5.74) is 2.03. The largest absolute Gasteiger partial charge is 0.376 e. The zero-order chi connectivity index (χ0) is 27.6. The van der Waals surface area contributed by atoms with Crippen molar-refractivity contribution in [3.8, 4) is 0 Å². The van der Waals surface area contributed by atoms with Crippen molar-refractivity contribution in [1.82, 2.24) is 0 Å². The van der Waals surface area contributed by atoms with Crippen molar-refractivity contribution in [2.45, 2.75) is 39.1 Å². The van der Waals surface area contributed by atoms with Gasteiger partial charge in [-0.3, -0.25) is 14.5 Å². The first kappa shape index (κ1) is 27.3. The molecule has 1 fully saturated rings. The van der Waals surface area contributed by atoms with E-state index in [1.165, 1.54) is 10.1 Å². The number of imide groups is 1. The lowest BCUT2D eigenvalue weighted by atomic mass is 9.69. The number of benzene rings is 3. The second kappa shape index (κ2) is 11.4. The number of allylic oxidation sites excluding steroid dienone is 2. The van der Waals surface area contributed by atoms with Gasteiger partial charge in [0, 0.05) is 6.61 Å². The van der Waals surface area contributed by atoms with Gasteiger partial charge in [0.15, 0.2) is 0 Å². The summed E-state index contributed by atoms with van der Waals surface area (Å²) < 4.78 is 6.29. The van der Waals surface area contributed by atoms with E-state index in [9.17, 15) is 9.59 Å². The number of carbonyl (C=O) groups excluding carboxylic acids is 2. The molecule has 1 saturated heterocycles. The molecule has 1 heterocycles. The molecule has 1 aliphatic carbocycles. The van der Waals surface area contributed by atoms with Gasteiger partial charge in [0.05, 0.1) is 32.2 Å². The number of nitrogens with zero attached hydrogens (tertiary/aromatic N) is 1. The Bertz CT molecular complexity index is 1310. The molecule has 0 saturated carbocycles. The minimum absolute atomic E-state index is 0.0169. The Balaban J connectivity index is 1.50. The maximum absolute atomic E-state index is 14.2. The molecule has 0 radical (unpaired) electrons. The Morgan fingerprint density at radius 3 is 2.00 bits per heavy atom. The fourth-order valence-corrected chi connectivity index (χ4v) is 11.3. The van der Waals surface area contributed by atoms with Crippen LogP contribution in [0.15, 0.2) is 103 Å². The third-order valence-corrected chi connectivity index (χ3v) is 13.3. The highest BCUT2D eigenvalue weighted by molar-refractivity contribution is 6.91. The lowest BCUT2D eigenvalue weighted by molar-refractivity contribution is -0.122. The van der Waals surface area contributed by atoms with Gasteiger partial charge in [0.25, 0.3) is 0 Å². The average molecular weight is 538 g/mol. The first-order valence-electron chi connectivity index (χ1n) is 14.1. The Hall–Kier alpha value is -3.28. The number of para-hydroxylation sites is 1. The minimum Gasteiger partial charge on any atom is -0.376 e. The number of hydrogen-bond acceptors (Lipinski definition) is 3. The second-order valence-electron chi connectivity index (χ2n) is 11.8. The van der Waals surface area contributed by atoms with Gasteiger partial charge in [0.2, 0.25) is 11.8 Å². The molecule has 5 heteroatoms. The van der Waals surface area contributed by atoms with Crippen molar-refractivity contribution < 1.29 is 14.3 Å². The van der Waals surface area contributed by atoms with Crippen LogP contribution < -0.4 is 10.1 Å². The van der Waals surface area contributed by atoms with Crippen LogP contribution in [0.25, 0.3) is 0 Å². The molecule has 0 N–H and O–H groups in total.